The molecule has 84 valence electrons. The minimum atomic E-state index is -0.0893. The van der Waals surface area contributed by atoms with Crippen molar-refractivity contribution in [2.45, 2.75) is 13.3 Å². The average Bonchev–Trinajstić information content (AvgIpc) is 2.84. The smallest absolute Gasteiger partial charge is 0.230 e. The summed E-state index contributed by atoms with van der Waals surface area (Å²) in [5.41, 5.74) is 0.633. The molecule has 0 bridgehead atoms. The lowest BCUT2D eigenvalue weighted by atomic mass is 10.2. The van der Waals surface area contributed by atoms with Crippen LogP contribution < -0.4 is 0 Å². The van der Waals surface area contributed by atoms with Gasteiger partial charge in [0.1, 0.15) is 5.76 Å². The zero-order valence-electron chi connectivity index (χ0n) is 8.42. The second-order valence-corrected chi connectivity index (χ2v) is 6.94. The van der Waals surface area contributed by atoms with Crippen molar-refractivity contribution in [2.75, 3.05) is 0 Å². The van der Waals surface area contributed by atoms with E-state index in [0.717, 1.165) is 19.8 Å². The molecule has 5 heteroatoms. The quantitative estimate of drug-likeness (QED) is 0.742. The fourth-order valence-corrected chi connectivity index (χ4v) is 4.11. The van der Waals surface area contributed by atoms with Crippen molar-refractivity contribution in [2.24, 2.45) is 0 Å². The number of halogens is 2. The SMILES string of the molecule is CCc1ccc(C(=O)c2cc(Br)sc2Br)o1. The van der Waals surface area contributed by atoms with Crippen LogP contribution in [0.2, 0.25) is 0 Å². The first kappa shape index (κ1) is 12.1. The van der Waals surface area contributed by atoms with Gasteiger partial charge in [-0.1, -0.05) is 6.92 Å². The Morgan fingerprint density at radius 1 is 1.44 bits per heavy atom. The van der Waals surface area contributed by atoms with Gasteiger partial charge in [0.2, 0.25) is 5.78 Å². The summed E-state index contributed by atoms with van der Waals surface area (Å²) in [5.74, 6) is 1.13. The van der Waals surface area contributed by atoms with Gasteiger partial charge < -0.3 is 4.42 Å². The molecule has 0 amide bonds. The number of furan rings is 1. The van der Waals surface area contributed by atoms with Crippen LogP contribution in [0.25, 0.3) is 0 Å². The first-order valence-electron chi connectivity index (χ1n) is 4.70. The number of thiophene rings is 1. The van der Waals surface area contributed by atoms with Gasteiger partial charge in [-0.25, -0.2) is 0 Å². The number of ketones is 1. The third-order valence-electron chi connectivity index (χ3n) is 2.14. The Balaban J connectivity index is 2.35. The highest BCUT2D eigenvalue weighted by atomic mass is 79.9. The second-order valence-electron chi connectivity index (χ2n) is 3.19. The number of rotatable bonds is 3. The van der Waals surface area contributed by atoms with Gasteiger partial charge >= 0.3 is 0 Å². The van der Waals surface area contributed by atoms with Gasteiger partial charge in [0, 0.05) is 6.42 Å². The molecule has 2 heterocycles. The van der Waals surface area contributed by atoms with Gasteiger partial charge in [-0.3, -0.25) is 4.79 Å². The van der Waals surface area contributed by atoms with Crippen LogP contribution in [0.15, 0.2) is 30.2 Å². The first-order chi connectivity index (χ1) is 7.61. The molecule has 0 aliphatic rings. The molecule has 0 aliphatic heterocycles. The fraction of sp³-hybridized carbons (Fsp3) is 0.182. The van der Waals surface area contributed by atoms with Gasteiger partial charge in [0.15, 0.2) is 5.76 Å². The van der Waals surface area contributed by atoms with Crippen molar-refractivity contribution in [3.8, 4) is 0 Å². The fourth-order valence-electron chi connectivity index (χ4n) is 1.32. The Hall–Kier alpha value is -0.390. The molecule has 0 aliphatic carbocycles. The maximum Gasteiger partial charge on any atom is 0.230 e. The minimum Gasteiger partial charge on any atom is -0.458 e. The van der Waals surface area contributed by atoms with E-state index in [-0.39, 0.29) is 5.78 Å². The normalized spacial score (nSPS) is 10.7. The van der Waals surface area contributed by atoms with Crippen molar-refractivity contribution < 1.29 is 9.21 Å². The lowest BCUT2D eigenvalue weighted by Crippen LogP contribution is -1.98. The van der Waals surface area contributed by atoms with E-state index in [4.69, 9.17) is 4.42 Å². The van der Waals surface area contributed by atoms with E-state index in [2.05, 4.69) is 31.9 Å². The molecule has 0 atom stereocenters. The topological polar surface area (TPSA) is 30.2 Å². The zero-order chi connectivity index (χ0) is 11.7. The molecule has 0 saturated heterocycles. The van der Waals surface area contributed by atoms with Crippen LogP contribution in [0.4, 0.5) is 0 Å². The van der Waals surface area contributed by atoms with Crippen LogP contribution >= 0.6 is 43.2 Å². The highest BCUT2D eigenvalue weighted by Gasteiger charge is 2.18. The summed E-state index contributed by atoms with van der Waals surface area (Å²) in [6.45, 7) is 1.99. The number of aryl methyl sites for hydroxylation is 1. The minimum absolute atomic E-state index is 0.0893. The Kier molecular flexibility index (Phi) is 3.66. The van der Waals surface area contributed by atoms with Gasteiger partial charge in [-0.05, 0) is 50.1 Å². The van der Waals surface area contributed by atoms with E-state index >= 15 is 0 Å². The van der Waals surface area contributed by atoms with Crippen LogP contribution in [0.3, 0.4) is 0 Å². The standard InChI is InChI=1S/C11H8Br2O2S/c1-2-6-3-4-8(15-6)10(14)7-5-9(12)16-11(7)13/h3-5H,2H2,1H3. The van der Waals surface area contributed by atoms with E-state index in [1.165, 1.54) is 11.3 Å². The first-order valence-corrected chi connectivity index (χ1v) is 7.10. The van der Waals surface area contributed by atoms with Crippen LogP contribution in [0.5, 0.6) is 0 Å². The number of hydrogen-bond acceptors (Lipinski definition) is 3. The highest BCUT2D eigenvalue weighted by Crippen LogP contribution is 2.33. The van der Waals surface area contributed by atoms with Crippen LogP contribution in [0.1, 0.15) is 28.8 Å². The molecule has 2 nitrogen and oxygen atoms in total. The largest absolute Gasteiger partial charge is 0.458 e. The maximum absolute atomic E-state index is 12.1. The maximum atomic E-state index is 12.1. The third-order valence-corrected chi connectivity index (χ3v) is 4.47. The Labute approximate surface area is 114 Å². The molecule has 0 saturated carbocycles. The monoisotopic (exact) mass is 362 g/mol. The van der Waals surface area contributed by atoms with E-state index in [0.29, 0.717) is 11.3 Å². The molecule has 0 radical (unpaired) electrons. The Bertz CT molecular complexity index is 528. The van der Waals surface area contributed by atoms with Gasteiger partial charge in [0.25, 0.3) is 0 Å². The van der Waals surface area contributed by atoms with Crippen molar-refractivity contribution in [3.63, 3.8) is 0 Å². The van der Waals surface area contributed by atoms with Crippen molar-refractivity contribution in [3.05, 3.63) is 42.9 Å². The third kappa shape index (κ3) is 2.31. The molecule has 2 rings (SSSR count). The zero-order valence-corrected chi connectivity index (χ0v) is 12.4. The van der Waals surface area contributed by atoms with Crippen molar-refractivity contribution in [1.82, 2.24) is 0 Å². The molecular weight excluding hydrogens is 356 g/mol. The van der Waals surface area contributed by atoms with Gasteiger partial charge in [-0.15, -0.1) is 11.3 Å². The lowest BCUT2D eigenvalue weighted by molar-refractivity contribution is 0.101. The molecule has 0 aromatic carbocycles. The Morgan fingerprint density at radius 2 is 2.19 bits per heavy atom. The van der Waals surface area contributed by atoms with Crippen molar-refractivity contribution >= 4 is 49.0 Å². The highest BCUT2D eigenvalue weighted by molar-refractivity contribution is 9.12. The lowest BCUT2D eigenvalue weighted by Gasteiger charge is -1.94. The summed E-state index contributed by atoms with van der Waals surface area (Å²) in [4.78, 5) is 12.1. The molecule has 16 heavy (non-hydrogen) atoms. The molecule has 0 N–H and O–H groups in total. The average molecular weight is 364 g/mol. The summed E-state index contributed by atoms with van der Waals surface area (Å²) in [6.07, 6.45) is 0.793. The predicted octanol–water partition coefficient (Wildman–Crippen LogP) is 4.66. The molecule has 0 unspecified atom stereocenters. The van der Waals surface area contributed by atoms with E-state index in [1.807, 2.05) is 13.0 Å². The molecular formula is C11H8Br2O2S. The van der Waals surface area contributed by atoms with E-state index < -0.39 is 0 Å². The molecule has 2 aromatic rings. The summed E-state index contributed by atoms with van der Waals surface area (Å²) in [6, 6.07) is 5.35. The van der Waals surface area contributed by atoms with Gasteiger partial charge in [-0.2, -0.15) is 0 Å². The molecule has 2 aromatic heterocycles. The summed E-state index contributed by atoms with van der Waals surface area (Å²) >= 11 is 8.19. The number of hydrogen-bond donors (Lipinski definition) is 0. The van der Waals surface area contributed by atoms with Crippen LogP contribution in [-0.2, 0) is 6.42 Å². The molecule has 0 fully saturated rings. The molecule has 0 spiro atoms. The second kappa shape index (κ2) is 4.85. The van der Waals surface area contributed by atoms with E-state index in [1.54, 1.807) is 12.1 Å². The van der Waals surface area contributed by atoms with Gasteiger partial charge in [0.05, 0.1) is 13.1 Å². The summed E-state index contributed by atoms with van der Waals surface area (Å²) in [5, 5.41) is 0. The summed E-state index contributed by atoms with van der Waals surface area (Å²) < 4.78 is 7.17. The van der Waals surface area contributed by atoms with Crippen LogP contribution in [0, 0.1) is 0 Å². The predicted molar refractivity (Wildman–Crippen MR) is 71.2 cm³/mol. The van der Waals surface area contributed by atoms with Crippen LogP contribution in [-0.4, -0.2) is 5.78 Å². The summed E-state index contributed by atoms with van der Waals surface area (Å²) in [7, 11) is 0. The number of carbonyl (C=O) groups excluding carboxylic acids is 1. The number of carbonyl (C=O) groups is 1. The Morgan fingerprint density at radius 3 is 2.69 bits per heavy atom. The van der Waals surface area contributed by atoms with E-state index in [9.17, 15) is 4.79 Å². The van der Waals surface area contributed by atoms with Crippen molar-refractivity contribution in [1.29, 1.82) is 0 Å².